The zero-order chi connectivity index (χ0) is 21.7. The fourth-order valence-corrected chi connectivity index (χ4v) is 4.46. The highest BCUT2D eigenvalue weighted by atomic mass is 16.2. The number of hydrogen-bond acceptors (Lipinski definition) is 3. The Hall–Kier alpha value is -3.64. The lowest BCUT2D eigenvalue weighted by Crippen LogP contribution is -2.22. The SMILES string of the molecule is Cc1cccc2c1c(C1=C(c3c[nH]c4ccccc34)C(=O)NC1=O)cn2CCN(C)C. The molecule has 0 radical (unpaired) electrons. The molecule has 5 rings (SSSR count). The minimum atomic E-state index is -0.354. The topological polar surface area (TPSA) is 70.1 Å². The summed E-state index contributed by atoms with van der Waals surface area (Å²) in [6.07, 6.45) is 3.83. The molecule has 2 N–H and O–H groups in total. The largest absolute Gasteiger partial charge is 0.361 e. The van der Waals surface area contributed by atoms with E-state index in [2.05, 4.69) is 25.8 Å². The number of aromatic nitrogens is 2. The summed E-state index contributed by atoms with van der Waals surface area (Å²) in [7, 11) is 4.08. The van der Waals surface area contributed by atoms with Crippen LogP contribution < -0.4 is 5.32 Å². The monoisotopic (exact) mass is 412 g/mol. The standard InChI is InChI=1S/C25H24N4O2/c1-15-7-6-10-20-21(15)18(14-29(20)12-11-28(2)3)23-22(24(30)27-25(23)31)17-13-26-19-9-5-4-8-16(17)19/h4-10,13-14,26H,11-12H2,1-3H3,(H,27,30,31). The molecular weight excluding hydrogens is 388 g/mol. The van der Waals surface area contributed by atoms with Crippen molar-refractivity contribution in [2.45, 2.75) is 13.5 Å². The van der Waals surface area contributed by atoms with Crippen LogP contribution in [0.15, 0.2) is 54.9 Å². The Morgan fingerprint density at radius 2 is 1.68 bits per heavy atom. The number of rotatable bonds is 5. The normalized spacial score (nSPS) is 14.5. The molecule has 3 heterocycles. The van der Waals surface area contributed by atoms with Gasteiger partial charge in [0.25, 0.3) is 11.8 Å². The zero-order valence-electron chi connectivity index (χ0n) is 17.8. The second kappa shape index (κ2) is 7.25. The van der Waals surface area contributed by atoms with Gasteiger partial charge in [-0.05, 0) is 38.7 Å². The van der Waals surface area contributed by atoms with E-state index < -0.39 is 0 Å². The maximum atomic E-state index is 13.0. The van der Waals surface area contributed by atoms with Crippen LogP contribution in [-0.4, -0.2) is 46.9 Å². The molecule has 0 unspecified atom stereocenters. The number of benzene rings is 2. The summed E-state index contributed by atoms with van der Waals surface area (Å²) in [5, 5.41) is 4.47. The zero-order valence-corrected chi connectivity index (χ0v) is 17.8. The molecule has 1 aliphatic rings. The first-order valence-electron chi connectivity index (χ1n) is 10.4. The number of hydrogen-bond donors (Lipinski definition) is 2. The van der Waals surface area contributed by atoms with E-state index in [9.17, 15) is 9.59 Å². The molecular formula is C25H24N4O2. The molecule has 0 fully saturated rings. The van der Waals surface area contributed by atoms with Gasteiger partial charge in [0, 0.05) is 58.4 Å². The third kappa shape index (κ3) is 3.07. The predicted molar refractivity (Wildman–Crippen MR) is 123 cm³/mol. The number of carbonyl (C=O) groups excluding carboxylic acids is 2. The molecule has 0 saturated heterocycles. The van der Waals surface area contributed by atoms with Crippen molar-refractivity contribution in [1.29, 1.82) is 0 Å². The van der Waals surface area contributed by atoms with Gasteiger partial charge >= 0.3 is 0 Å². The predicted octanol–water partition coefficient (Wildman–Crippen LogP) is 3.56. The van der Waals surface area contributed by atoms with E-state index in [0.717, 1.165) is 51.6 Å². The maximum absolute atomic E-state index is 13.0. The summed E-state index contributed by atoms with van der Waals surface area (Å²) < 4.78 is 2.17. The van der Waals surface area contributed by atoms with Crippen molar-refractivity contribution < 1.29 is 9.59 Å². The molecule has 6 nitrogen and oxygen atoms in total. The van der Waals surface area contributed by atoms with Crippen molar-refractivity contribution in [2.75, 3.05) is 20.6 Å². The van der Waals surface area contributed by atoms with E-state index in [1.165, 1.54) is 0 Å². The van der Waals surface area contributed by atoms with Crippen LogP contribution in [0.4, 0.5) is 0 Å². The minimum Gasteiger partial charge on any atom is -0.361 e. The van der Waals surface area contributed by atoms with E-state index in [4.69, 9.17) is 0 Å². The van der Waals surface area contributed by atoms with Gasteiger partial charge in [-0.25, -0.2) is 0 Å². The van der Waals surface area contributed by atoms with Gasteiger partial charge < -0.3 is 14.5 Å². The lowest BCUT2D eigenvalue weighted by molar-refractivity contribution is -0.122. The number of fused-ring (bicyclic) bond motifs is 2. The van der Waals surface area contributed by atoms with Crippen LogP contribution in [0.1, 0.15) is 16.7 Å². The highest BCUT2D eigenvalue weighted by Crippen LogP contribution is 2.39. The minimum absolute atomic E-state index is 0.347. The molecule has 2 aromatic carbocycles. The number of likely N-dealkylation sites (N-methyl/N-ethyl adjacent to an activating group) is 1. The summed E-state index contributed by atoms with van der Waals surface area (Å²) in [5.41, 5.74) is 5.49. The smallest absolute Gasteiger partial charge is 0.259 e. The average molecular weight is 412 g/mol. The molecule has 0 bridgehead atoms. The van der Waals surface area contributed by atoms with E-state index >= 15 is 0 Å². The maximum Gasteiger partial charge on any atom is 0.259 e. The summed E-state index contributed by atoms with van der Waals surface area (Å²) in [6, 6.07) is 14.0. The molecule has 6 heteroatoms. The highest BCUT2D eigenvalue weighted by molar-refractivity contribution is 6.50. The number of imide groups is 1. The summed E-state index contributed by atoms with van der Waals surface area (Å²) >= 11 is 0. The second-order valence-electron chi connectivity index (χ2n) is 8.29. The molecule has 2 aromatic heterocycles. The van der Waals surface area contributed by atoms with Crippen molar-refractivity contribution in [3.63, 3.8) is 0 Å². The molecule has 31 heavy (non-hydrogen) atoms. The van der Waals surface area contributed by atoms with Crippen molar-refractivity contribution >= 4 is 44.8 Å². The average Bonchev–Trinajstić information content (AvgIpc) is 3.40. The quantitative estimate of drug-likeness (QED) is 0.493. The van der Waals surface area contributed by atoms with Crippen LogP contribution in [0.3, 0.4) is 0 Å². The van der Waals surface area contributed by atoms with Crippen LogP contribution >= 0.6 is 0 Å². The number of aromatic amines is 1. The molecule has 0 spiro atoms. The van der Waals surface area contributed by atoms with Gasteiger partial charge in [0.15, 0.2) is 0 Å². The van der Waals surface area contributed by atoms with E-state index in [-0.39, 0.29) is 11.8 Å². The van der Waals surface area contributed by atoms with Crippen molar-refractivity contribution in [3.05, 3.63) is 71.5 Å². The Balaban J connectivity index is 1.79. The third-order valence-electron chi connectivity index (χ3n) is 5.96. The molecule has 0 aliphatic carbocycles. The molecule has 1 aliphatic heterocycles. The van der Waals surface area contributed by atoms with E-state index in [0.29, 0.717) is 11.1 Å². The van der Waals surface area contributed by atoms with Crippen LogP contribution in [0.5, 0.6) is 0 Å². The Morgan fingerprint density at radius 3 is 2.45 bits per heavy atom. The van der Waals surface area contributed by atoms with Gasteiger partial charge in [-0.2, -0.15) is 0 Å². The molecule has 0 saturated carbocycles. The van der Waals surface area contributed by atoms with Crippen molar-refractivity contribution in [3.8, 4) is 0 Å². The Morgan fingerprint density at radius 1 is 0.935 bits per heavy atom. The lowest BCUT2D eigenvalue weighted by Gasteiger charge is -2.11. The Bertz CT molecular complexity index is 1390. The van der Waals surface area contributed by atoms with Crippen molar-refractivity contribution in [2.24, 2.45) is 0 Å². The fourth-order valence-electron chi connectivity index (χ4n) is 4.46. The summed E-state index contributed by atoms with van der Waals surface area (Å²) in [4.78, 5) is 31.3. The number of carbonyl (C=O) groups is 2. The van der Waals surface area contributed by atoms with Crippen LogP contribution in [0, 0.1) is 6.92 Å². The summed E-state index contributed by atoms with van der Waals surface area (Å²) in [5.74, 6) is -0.701. The van der Waals surface area contributed by atoms with Crippen LogP contribution in [-0.2, 0) is 16.1 Å². The summed E-state index contributed by atoms with van der Waals surface area (Å²) in [6.45, 7) is 3.71. The van der Waals surface area contributed by atoms with E-state index in [1.807, 2.05) is 69.8 Å². The second-order valence-corrected chi connectivity index (χ2v) is 8.29. The Kier molecular flexibility index (Phi) is 4.52. The molecule has 156 valence electrons. The van der Waals surface area contributed by atoms with Gasteiger partial charge in [-0.15, -0.1) is 0 Å². The Labute approximate surface area is 180 Å². The number of nitrogens with zero attached hydrogens (tertiary/aromatic N) is 2. The highest BCUT2D eigenvalue weighted by Gasteiger charge is 2.35. The molecule has 0 atom stereocenters. The van der Waals surface area contributed by atoms with Crippen molar-refractivity contribution in [1.82, 2.24) is 19.8 Å². The molecule has 2 amide bonds. The van der Waals surface area contributed by atoms with Gasteiger partial charge in [-0.3, -0.25) is 14.9 Å². The number of aryl methyl sites for hydroxylation is 1. The first-order valence-corrected chi connectivity index (χ1v) is 10.4. The first kappa shape index (κ1) is 19.3. The fraction of sp³-hybridized carbons (Fsp3) is 0.200. The van der Waals surface area contributed by atoms with Crippen LogP contribution in [0.25, 0.3) is 33.0 Å². The van der Waals surface area contributed by atoms with Gasteiger partial charge in [0.1, 0.15) is 0 Å². The number of amides is 2. The van der Waals surface area contributed by atoms with Crippen LogP contribution in [0.2, 0.25) is 0 Å². The first-order chi connectivity index (χ1) is 15.0. The van der Waals surface area contributed by atoms with E-state index in [1.54, 1.807) is 0 Å². The number of nitrogens with one attached hydrogen (secondary N) is 2. The van der Waals surface area contributed by atoms with Gasteiger partial charge in [0.05, 0.1) is 11.1 Å². The molecule has 4 aromatic rings. The lowest BCUT2D eigenvalue weighted by atomic mass is 9.94. The third-order valence-corrected chi connectivity index (χ3v) is 5.96. The number of H-pyrrole nitrogens is 1. The number of para-hydroxylation sites is 1. The van der Waals surface area contributed by atoms with Gasteiger partial charge in [-0.1, -0.05) is 30.3 Å². The van der Waals surface area contributed by atoms with Gasteiger partial charge in [0.2, 0.25) is 0 Å².